The Bertz CT molecular complexity index is 704. The highest BCUT2D eigenvalue weighted by Gasteiger charge is 2.19. The Morgan fingerprint density at radius 3 is 2.73 bits per heavy atom. The first kappa shape index (κ1) is 15.0. The van der Waals surface area contributed by atoms with Crippen LogP contribution in [0.15, 0.2) is 18.3 Å². The van der Waals surface area contributed by atoms with Gasteiger partial charge in [-0.3, -0.25) is 4.98 Å². The summed E-state index contributed by atoms with van der Waals surface area (Å²) in [5, 5.41) is -0.152. The van der Waals surface area contributed by atoms with Crippen LogP contribution in [0.1, 0.15) is 5.69 Å². The van der Waals surface area contributed by atoms with E-state index in [0.717, 1.165) is 0 Å². The first-order chi connectivity index (χ1) is 10.6. The van der Waals surface area contributed by atoms with Gasteiger partial charge in [-0.2, -0.15) is 0 Å². The van der Waals surface area contributed by atoms with E-state index in [1.54, 1.807) is 25.3 Å². The van der Waals surface area contributed by atoms with E-state index in [0.29, 0.717) is 54.6 Å². The zero-order valence-electron chi connectivity index (χ0n) is 12.1. The minimum atomic E-state index is -0.561. The molecular weight excluding hydrogens is 307 g/mol. The molecule has 1 aliphatic heterocycles. The van der Waals surface area contributed by atoms with Crippen LogP contribution < -0.4 is 10.6 Å². The zero-order chi connectivity index (χ0) is 15.7. The quantitative estimate of drug-likeness (QED) is 0.861. The highest BCUT2D eigenvalue weighted by Crippen LogP contribution is 2.32. The van der Waals surface area contributed by atoms with Crippen molar-refractivity contribution in [3.05, 3.63) is 35.0 Å². The average molecular weight is 323 g/mol. The van der Waals surface area contributed by atoms with Gasteiger partial charge in [-0.1, -0.05) is 11.6 Å². The molecule has 1 saturated heterocycles. The molecule has 0 bridgehead atoms. The van der Waals surface area contributed by atoms with E-state index >= 15 is 0 Å². The fraction of sp³-hybridized carbons (Fsp3) is 0.333. The number of morpholine rings is 1. The monoisotopic (exact) mass is 322 g/mol. The molecule has 0 radical (unpaired) electrons. The van der Waals surface area contributed by atoms with Crippen LogP contribution in [-0.4, -0.2) is 36.3 Å². The molecule has 0 atom stereocenters. The fourth-order valence-corrected chi connectivity index (χ4v) is 2.65. The predicted octanol–water partition coefficient (Wildman–Crippen LogP) is 2.66. The SMILES string of the molecule is Cc1ncc(N)cc1-c1cc(N2CCOCC2)nc(Cl)c1F. The number of aromatic nitrogens is 2. The van der Waals surface area contributed by atoms with Gasteiger partial charge in [0.25, 0.3) is 0 Å². The maximum atomic E-state index is 14.4. The minimum Gasteiger partial charge on any atom is -0.397 e. The molecule has 1 fully saturated rings. The summed E-state index contributed by atoms with van der Waals surface area (Å²) < 4.78 is 19.8. The van der Waals surface area contributed by atoms with Crippen molar-refractivity contribution >= 4 is 23.1 Å². The topological polar surface area (TPSA) is 64.3 Å². The lowest BCUT2D eigenvalue weighted by molar-refractivity contribution is 0.122. The smallest absolute Gasteiger partial charge is 0.168 e. The van der Waals surface area contributed by atoms with Crippen LogP contribution in [0.4, 0.5) is 15.9 Å². The summed E-state index contributed by atoms with van der Waals surface area (Å²) in [6, 6.07) is 3.39. The molecule has 2 aromatic rings. The molecule has 3 rings (SSSR count). The van der Waals surface area contributed by atoms with E-state index in [1.165, 1.54) is 0 Å². The van der Waals surface area contributed by atoms with Crippen LogP contribution in [0.5, 0.6) is 0 Å². The number of anilines is 2. The third-order valence-corrected chi connectivity index (χ3v) is 3.89. The second-order valence-corrected chi connectivity index (χ2v) is 5.49. The van der Waals surface area contributed by atoms with Gasteiger partial charge >= 0.3 is 0 Å². The lowest BCUT2D eigenvalue weighted by Crippen LogP contribution is -2.36. The maximum absolute atomic E-state index is 14.4. The first-order valence-corrected chi connectivity index (χ1v) is 7.35. The molecule has 116 valence electrons. The Balaban J connectivity index is 2.10. The van der Waals surface area contributed by atoms with Gasteiger partial charge in [0.2, 0.25) is 0 Å². The van der Waals surface area contributed by atoms with Crippen molar-refractivity contribution in [1.82, 2.24) is 9.97 Å². The molecule has 0 aromatic carbocycles. The van der Waals surface area contributed by atoms with Crippen molar-refractivity contribution in [3.63, 3.8) is 0 Å². The second-order valence-electron chi connectivity index (χ2n) is 5.13. The van der Waals surface area contributed by atoms with Gasteiger partial charge in [0, 0.05) is 29.9 Å². The van der Waals surface area contributed by atoms with Crippen LogP contribution in [-0.2, 0) is 4.74 Å². The third kappa shape index (κ3) is 2.84. The number of hydrogen-bond donors (Lipinski definition) is 1. The molecule has 0 unspecified atom stereocenters. The highest BCUT2D eigenvalue weighted by atomic mass is 35.5. The number of aryl methyl sites for hydroxylation is 1. The third-order valence-electron chi connectivity index (χ3n) is 3.64. The van der Waals surface area contributed by atoms with Crippen LogP contribution >= 0.6 is 11.6 Å². The van der Waals surface area contributed by atoms with E-state index in [-0.39, 0.29) is 5.15 Å². The summed E-state index contributed by atoms with van der Waals surface area (Å²) in [6.45, 7) is 4.43. The molecule has 0 spiro atoms. The van der Waals surface area contributed by atoms with Crippen LogP contribution in [0.3, 0.4) is 0 Å². The van der Waals surface area contributed by atoms with Gasteiger partial charge in [0.1, 0.15) is 5.82 Å². The van der Waals surface area contributed by atoms with Crippen LogP contribution in [0.25, 0.3) is 11.1 Å². The Morgan fingerprint density at radius 2 is 2.00 bits per heavy atom. The summed E-state index contributed by atoms with van der Waals surface area (Å²) in [6.07, 6.45) is 1.54. The van der Waals surface area contributed by atoms with Gasteiger partial charge < -0.3 is 15.4 Å². The molecule has 1 aliphatic rings. The van der Waals surface area contributed by atoms with Gasteiger partial charge in [0.15, 0.2) is 11.0 Å². The average Bonchev–Trinajstić information content (AvgIpc) is 2.53. The predicted molar refractivity (Wildman–Crippen MR) is 84.6 cm³/mol. The molecule has 2 N–H and O–H groups in total. The molecular formula is C15H16ClFN4O. The van der Waals surface area contributed by atoms with Gasteiger partial charge in [-0.05, 0) is 19.1 Å². The maximum Gasteiger partial charge on any atom is 0.168 e. The molecule has 3 heterocycles. The molecule has 22 heavy (non-hydrogen) atoms. The first-order valence-electron chi connectivity index (χ1n) is 6.97. The summed E-state index contributed by atoms with van der Waals surface area (Å²) in [4.78, 5) is 10.3. The Labute approximate surface area is 132 Å². The summed E-state index contributed by atoms with van der Waals surface area (Å²) in [5.74, 6) is 0.0701. The molecule has 5 nitrogen and oxygen atoms in total. The number of halogens is 2. The number of nitrogens with zero attached hydrogens (tertiary/aromatic N) is 3. The van der Waals surface area contributed by atoms with Crippen molar-refractivity contribution in [2.75, 3.05) is 36.9 Å². The highest BCUT2D eigenvalue weighted by molar-refractivity contribution is 6.30. The summed E-state index contributed by atoms with van der Waals surface area (Å²) in [7, 11) is 0. The largest absolute Gasteiger partial charge is 0.397 e. The molecule has 0 aliphatic carbocycles. The molecule has 0 saturated carbocycles. The fourth-order valence-electron chi connectivity index (χ4n) is 2.46. The Kier molecular flexibility index (Phi) is 4.13. The van der Waals surface area contributed by atoms with Crippen molar-refractivity contribution in [1.29, 1.82) is 0 Å². The normalized spacial score (nSPS) is 15.1. The number of ether oxygens (including phenoxy) is 1. The van der Waals surface area contributed by atoms with E-state index in [2.05, 4.69) is 9.97 Å². The van der Waals surface area contributed by atoms with E-state index in [1.807, 2.05) is 4.90 Å². The van der Waals surface area contributed by atoms with Gasteiger partial charge in [-0.15, -0.1) is 0 Å². The summed E-state index contributed by atoms with van der Waals surface area (Å²) >= 11 is 5.98. The Morgan fingerprint density at radius 1 is 1.27 bits per heavy atom. The van der Waals surface area contributed by atoms with Crippen molar-refractivity contribution < 1.29 is 9.13 Å². The lowest BCUT2D eigenvalue weighted by atomic mass is 10.0. The molecule has 2 aromatic heterocycles. The van der Waals surface area contributed by atoms with Crippen molar-refractivity contribution in [3.8, 4) is 11.1 Å². The van der Waals surface area contributed by atoms with Crippen LogP contribution in [0, 0.1) is 12.7 Å². The summed E-state index contributed by atoms with van der Waals surface area (Å²) in [5.41, 5.74) is 7.91. The number of rotatable bonds is 2. The van der Waals surface area contributed by atoms with E-state index < -0.39 is 5.82 Å². The van der Waals surface area contributed by atoms with Crippen molar-refractivity contribution in [2.24, 2.45) is 0 Å². The number of pyridine rings is 2. The lowest BCUT2D eigenvalue weighted by Gasteiger charge is -2.28. The van der Waals surface area contributed by atoms with E-state index in [9.17, 15) is 4.39 Å². The second kappa shape index (κ2) is 6.06. The Hall–Kier alpha value is -1.92. The number of hydrogen-bond acceptors (Lipinski definition) is 5. The minimum absolute atomic E-state index is 0.152. The van der Waals surface area contributed by atoms with Crippen LogP contribution in [0.2, 0.25) is 5.15 Å². The van der Waals surface area contributed by atoms with Gasteiger partial charge in [0.05, 0.1) is 25.1 Å². The van der Waals surface area contributed by atoms with Gasteiger partial charge in [-0.25, -0.2) is 9.37 Å². The molecule has 0 amide bonds. The number of nitrogen functional groups attached to an aromatic ring is 1. The zero-order valence-corrected chi connectivity index (χ0v) is 12.9. The molecule has 7 heteroatoms. The van der Waals surface area contributed by atoms with E-state index in [4.69, 9.17) is 22.1 Å². The number of nitrogens with two attached hydrogens (primary N) is 1. The standard InChI is InChI=1S/C15H16ClFN4O/c1-9-11(6-10(18)8-19-9)12-7-13(20-15(16)14(12)17)21-2-4-22-5-3-21/h6-8H,2-5,18H2,1H3. The van der Waals surface area contributed by atoms with Crippen molar-refractivity contribution in [2.45, 2.75) is 6.92 Å².